The standard InChI is InChI=1S/C10H13NO2/c1-2-8-4-3-5-9(6-8)10(7-12)11-13/h3-6,12-13H,2,7H2,1H3. The van der Waals surface area contributed by atoms with Gasteiger partial charge in [-0.2, -0.15) is 0 Å². The van der Waals surface area contributed by atoms with Crippen LogP contribution in [0.25, 0.3) is 0 Å². The van der Waals surface area contributed by atoms with Crippen molar-refractivity contribution in [2.75, 3.05) is 6.61 Å². The lowest BCUT2D eigenvalue weighted by Gasteiger charge is -2.02. The summed E-state index contributed by atoms with van der Waals surface area (Å²) in [5.74, 6) is 0. The second-order valence-corrected chi connectivity index (χ2v) is 2.76. The third kappa shape index (κ3) is 2.29. The maximum Gasteiger partial charge on any atom is 0.112 e. The summed E-state index contributed by atoms with van der Waals surface area (Å²) >= 11 is 0. The van der Waals surface area contributed by atoms with E-state index in [2.05, 4.69) is 5.16 Å². The highest BCUT2D eigenvalue weighted by Gasteiger charge is 2.02. The smallest absolute Gasteiger partial charge is 0.112 e. The summed E-state index contributed by atoms with van der Waals surface area (Å²) in [7, 11) is 0. The molecule has 1 aromatic carbocycles. The molecule has 0 atom stereocenters. The largest absolute Gasteiger partial charge is 0.411 e. The number of hydrogen-bond donors (Lipinski definition) is 2. The summed E-state index contributed by atoms with van der Waals surface area (Å²) in [5.41, 5.74) is 2.23. The second kappa shape index (κ2) is 4.62. The van der Waals surface area contributed by atoms with E-state index in [-0.39, 0.29) is 6.61 Å². The Kier molecular flexibility index (Phi) is 3.46. The Labute approximate surface area is 77.3 Å². The van der Waals surface area contributed by atoms with E-state index < -0.39 is 0 Å². The molecule has 0 aromatic heterocycles. The minimum atomic E-state index is -0.246. The van der Waals surface area contributed by atoms with E-state index in [1.165, 1.54) is 0 Å². The maximum absolute atomic E-state index is 8.85. The molecule has 3 nitrogen and oxygen atoms in total. The molecule has 13 heavy (non-hydrogen) atoms. The highest BCUT2D eigenvalue weighted by atomic mass is 16.4. The van der Waals surface area contributed by atoms with E-state index in [1.54, 1.807) is 0 Å². The van der Waals surface area contributed by atoms with Crippen molar-refractivity contribution in [3.63, 3.8) is 0 Å². The van der Waals surface area contributed by atoms with Crippen LogP contribution in [0.15, 0.2) is 29.4 Å². The highest BCUT2D eigenvalue weighted by Crippen LogP contribution is 2.06. The fraction of sp³-hybridized carbons (Fsp3) is 0.300. The lowest BCUT2D eigenvalue weighted by Crippen LogP contribution is -2.06. The second-order valence-electron chi connectivity index (χ2n) is 2.76. The van der Waals surface area contributed by atoms with Gasteiger partial charge in [-0.15, -0.1) is 0 Å². The van der Waals surface area contributed by atoms with Gasteiger partial charge in [0, 0.05) is 5.56 Å². The van der Waals surface area contributed by atoms with Crippen LogP contribution in [-0.2, 0) is 6.42 Å². The molecule has 0 saturated heterocycles. The van der Waals surface area contributed by atoms with E-state index in [1.807, 2.05) is 31.2 Å². The molecule has 0 heterocycles. The van der Waals surface area contributed by atoms with Gasteiger partial charge in [-0.1, -0.05) is 30.3 Å². The average molecular weight is 179 g/mol. The molecule has 0 radical (unpaired) electrons. The van der Waals surface area contributed by atoms with Crippen molar-refractivity contribution in [2.24, 2.45) is 5.16 Å². The van der Waals surface area contributed by atoms with Crippen molar-refractivity contribution in [1.29, 1.82) is 0 Å². The van der Waals surface area contributed by atoms with Crippen LogP contribution in [0.3, 0.4) is 0 Å². The van der Waals surface area contributed by atoms with Gasteiger partial charge < -0.3 is 10.3 Å². The van der Waals surface area contributed by atoms with Crippen molar-refractivity contribution >= 4 is 5.71 Å². The molecule has 0 fully saturated rings. The molecule has 0 aliphatic rings. The lowest BCUT2D eigenvalue weighted by atomic mass is 10.1. The Balaban J connectivity index is 3.00. The van der Waals surface area contributed by atoms with Gasteiger partial charge in [0.25, 0.3) is 0 Å². The molecule has 0 unspecified atom stereocenters. The third-order valence-electron chi connectivity index (χ3n) is 1.94. The number of aliphatic hydroxyl groups excluding tert-OH is 1. The Morgan fingerprint density at radius 2 is 2.23 bits per heavy atom. The predicted octanol–water partition coefficient (Wildman–Crippen LogP) is 1.42. The van der Waals surface area contributed by atoms with Gasteiger partial charge in [0.2, 0.25) is 0 Å². The summed E-state index contributed by atoms with van der Waals surface area (Å²) in [6.45, 7) is 1.80. The van der Waals surface area contributed by atoms with Gasteiger partial charge >= 0.3 is 0 Å². The van der Waals surface area contributed by atoms with Crippen molar-refractivity contribution in [2.45, 2.75) is 13.3 Å². The summed E-state index contributed by atoms with van der Waals surface area (Å²) in [5, 5.41) is 20.4. The number of aliphatic hydroxyl groups is 1. The van der Waals surface area contributed by atoms with E-state index in [4.69, 9.17) is 10.3 Å². The molecule has 0 amide bonds. The number of aryl methyl sites for hydroxylation is 1. The van der Waals surface area contributed by atoms with E-state index in [9.17, 15) is 0 Å². The molecular weight excluding hydrogens is 166 g/mol. The first kappa shape index (κ1) is 9.74. The number of oxime groups is 1. The Morgan fingerprint density at radius 3 is 2.77 bits per heavy atom. The molecule has 0 bridgehead atoms. The number of hydrogen-bond acceptors (Lipinski definition) is 3. The Morgan fingerprint density at radius 1 is 1.46 bits per heavy atom. The van der Waals surface area contributed by atoms with Crippen LogP contribution in [0.2, 0.25) is 0 Å². The van der Waals surface area contributed by atoms with Crippen LogP contribution >= 0.6 is 0 Å². The zero-order valence-corrected chi connectivity index (χ0v) is 7.57. The summed E-state index contributed by atoms with van der Waals surface area (Å²) in [6, 6.07) is 7.60. The van der Waals surface area contributed by atoms with Gasteiger partial charge in [0.1, 0.15) is 5.71 Å². The summed E-state index contributed by atoms with van der Waals surface area (Å²) < 4.78 is 0. The topological polar surface area (TPSA) is 52.8 Å². The van der Waals surface area contributed by atoms with Crippen molar-refractivity contribution in [3.8, 4) is 0 Å². The first-order valence-electron chi connectivity index (χ1n) is 4.23. The minimum Gasteiger partial charge on any atom is -0.411 e. The van der Waals surface area contributed by atoms with Crippen molar-refractivity contribution in [3.05, 3.63) is 35.4 Å². The molecule has 0 aliphatic heterocycles. The summed E-state index contributed by atoms with van der Waals surface area (Å²) in [6.07, 6.45) is 0.929. The SMILES string of the molecule is CCc1cccc(C(CO)=NO)c1. The minimum absolute atomic E-state index is 0.246. The van der Waals surface area contributed by atoms with Crippen molar-refractivity contribution in [1.82, 2.24) is 0 Å². The average Bonchev–Trinajstić information content (AvgIpc) is 2.20. The van der Waals surface area contributed by atoms with Crippen molar-refractivity contribution < 1.29 is 10.3 Å². The van der Waals surface area contributed by atoms with Crippen LogP contribution in [0.5, 0.6) is 0 Å². The molecule has 0 aliphatic carbocycles. The first-order valence-corrected chi connectivity index (χ1v) is 4.23. The molecule has 0 saturated carbocycles. The van der Waals surface area contributed by atoms with Crippen LogP contribution in [0, 0.1) is 0 Å². The van der Waals surface area contributed by atoms with Gasteiger partial charge in [0.15, 0.2) is 0 Å². The normalized spacial score (nSPS) is 11.7. The van der Waals surface area contributed by atoms with Gasteiger partial charge in [-0.3, -0.25) is 0 Å². The third-order valence-corrected chi connectivity index (χ3v) is 1.94. The highest BCUT2D eigenvalue weighted by molar-refractivity contribution is 6.01. The van der Waals surface area contributed by atoms with Crippen LogP contribution in [0.4, 0.5) is 0 Å². The van der Waals surface area contributed by atoms with E-state index in [0.29, 0.717) is 5.71 Å². The monoisotopic (exact) mass is 179 g/mol. The maximum atomic E-state index is 8.85. The Hall–Kier alpha value is -1.35. The Bertz CT molecular complexity index is 308. The zero-order valence-electron chi connectivity index (χ0n) is 7.57. The molecule has 3 heteroatoms. The quantitative estimate of drug-likeness (QED) is 0.419. The molecule has 70 valence electrons. The van der Waals surface area contributed by atoms with E-state index in [0.717, 1.165) is 17.5 Å². The van der Waals surface area contributed by atoms with Gasteiger partial charge in [-0.25, -0.2) is 0 Å². The first-order chi connectivity index (χ1) is 6.31. The number of nitrogens with zero attached hydrogens (tertiary/aromatic N) is 1. The molecule has 1 rings (SSSR count). The molecule has 2 N–H and O–H groups in total. The summed E-state index contributed by atoms with van der Waals surface area (Å²) in [4.78, 5) is 0. The van der Waals surface area contributed by atoms with Gasteiger partial charge in [-0.05, 0) is 18.1 Å². The van der Waals surface area contributed by atoms with Crippen LogP contribution in [0.1, 0.15) is 18.1 Å². The fourth-order valence-electron chi connectivity index (χ4n) is 1.15. The molecule has 1 aromatic rings. The van der Waals surface area contributed by atoms with Crippen LogP contribution < -0.4 is 0 Å². The van der Waals surface area contributed by atoms with Crippen LogP contribution in [-0.4, -0.2) is 22.6 Å². The number of benzene rings is 1. The number of rotatable bonds is 3. The fourth-order valence-corrected chi connectivity index (χ4v) is 1.15. The van der Waals surface area contributed by atoms with E-state index >= 15 is 0 Å². The molecular formula is C10H13NO2. The molecule has 0 spiro atoms. The lowest BCUT2D eigenvalue weighted by molar-refractivity contribution is 0.304. The zero-order chi connectivity index (χ0) is 9.68. The predicted molar refractivity (Wildman–Crippen MR) is 51.2 cm³/mol. The van der Waals surface area contributed by atoms with Gasteiger partial charge in [0.05, 0.1) is 6.61 Å².